The number of benzene rings is 1. The molecule has 0 amide bonds. The fraction of sp³-hybridized carbons (Fsp3) is 0.100. The molecule has 14 heavy (non-hydrogen) atoms. The van der Waals surface area contributed by atoms with E-state index in [9.17, 15) is 0 Å². The third kappa shape index (κ3) is 2.26. The summed E-state index contributed by atoms with van der Waals surface area (Å²) in [6, 6.07) is 7.27. The molecular weight excluding hydrogens is 200 g/mol. The second-order valence-electron chi connectivity index (χ2n) is 2.85. The summed E-state index contributed by atoms with van der Waals surface area (Å²) in [6.45, 7) is 0.512. The number of hydrogen-bond donors (Lipinski definition) is 1. The van der Waals surface area contributed by atoms with Crippen LogP contribution in [0.5, 0.6) is 5.75 Å². The number of nitrogens with one attached hydrogen (secondary N) is 1. The van der Waals surface area contributed by atoms with Gasteiger partial charge in [-0.2, -0.15) is 5.10 Å². The number of ether oxygens (including phenoxy) is 1. The van der Waals surface area contributed by atoms with E-state index in [1.165, 1.54) is 0 Å². The molecule has 1 aromatic heterocycles. The molecule has 0 aliphatic rings. The lowest BCUT2D eigenvalue weighted by atomic mass is 10.3. The van der Waals surface area contributed by atoms with Gasteiger partial charge in [0.1, 0.15) is 12.4 Å². The lowest BCUT2D eigenvalue weighted by Crippen LogP contribution is -1.93. The van der Waals surface area contributed by atoms with Gasteiger partial charge in [0.15, 0.2) is 0 Å². The minimum absolute atomic E-state index is 0.512. The van der Waals surface area contributed by atoms with Gasteiger partial charge in [-0.1, -0.05) is 11.6 Å². The molecular formula is C10H9ClN2O. The van der Waals surface area contributed by atoms with E-state index in [0.717, 1.165) is 11.3 Å². The minimum Gasteiger partial charge on any atom is -0.489 e. The van der Waals surface area contributed by atoms with Gasteiger partial charge >= 0.3 is 0 Å². The summed E-state index contributed by atoms with van der Waals surface area (Å²) in [7, 11) is 0. The van der Waals surface area contributed by atoms with Crippen molar-refractivity contribution in [3.05, 3.63) is 47.2 Å². The topological polar surface area (TPSA) is 37.9 Å². The molecule has 0 saturated heterocycles. The van der Waals surface area contributed by atoms with Crippen LogP contribution in [0.25, 0.3) is 0 Å². The lowest BCUT2D eigenvalue weighted by Gasteiger charge is -2.03. The number of H-pyrrole nitrogens is 1. The third-order valence-corrected chi connectivity index (χ3v) is 2.03. The van der Waals surface area contributed by atoms with Crippen molar-refractivity contribution < 1.29 is 4.74 Å². The van der Waals surface area contributed by atoms with Crippen molar-refractivity contribution in [2.24, 2.45) is 0 Å². The summed E-state index contributed by atoms with van der Waals surface area (Å²) in [5.41, 5.74) is 1.01. The average molecular weight is 209 g/mol. The van der Waals surface area contributed by atoms with Crippen LogP contribution >= 0.6 is 11.6 Å². The summed E-state index contributed by atoms with van der Waals surface area (Å²) in [5, 5.41) is 7.26. The van der Waals surface area contributed by atoms with Crippen molar-refractivity contribution in [3.63, 3.8) is 0 Å². The highest BCUT2D eigenvalue weighted by Crippen LogP contribution is 2.16. The maximum atomic E-state index is 5.74. The van der Waals surface area contributed by atoms with Gasteiger partial charge in [-0.25, -0.2) is 0 Å². The van der Waals surface area contributed by atoms with Crippen molar-refractivity contribution in [2.45, 2.75) is 6.61 Å². The van der Waals surface area contributed by atoms with Gasteiger partial charge in [0, 0.05) is 16.8 Å². The molecule has 0 unspecified atom stereocenters. The molecule has 0 saturated carbocycles. The van der Waals surface area contributed by atoms with Crippen LogP contribution in [0.4, 0.5) is 0 Å². The van der Waals surface area contributed by atoms with E-state index in [4.69, 9.17) is 16.3 Å². The van der Waals surface area contributed by atoms with Crippen LogP contribution in [0.2, 0.25) is 5.02 Å². The molecule has 1 aromatic carbocycles. The molecule has 1 heterocycles. The lowest BCUT2D eigenvalue weighted by molar-refractivity contribution is 0.306. The Balaban J connectivity index is 1.95. The molecule has 0 aliphatic carbocycles. The van der Waals surface area contributed by atoms with Crippen molar-refractivity contribution >= 4 is 11.6 Å². The van der Waals surface area contributed by atoms with Crippen molar-refractivity contribution in [3.8, 4) is 5.75 Å². The Bertz CT molecular complexity index is 383. The number of rotatable bonds is 3. The minimum atomic E-state index is 0.512. The van der Waals surface area contributed by atoms with E-state index < -0.39 is 0 Å². The molecule has 2 rings (SSSR count). The monoisotopic (exact) mass is 208 g/mol. The largest absolute Gasteiger partial charge is 0.489 e. The molecule has 0 bridgehead atoms. The van der Waals surface area contributed by atoms with Crippen LogP contribution in [0.15, 0.2) is 36.7 Å². The fourth-order valence-electron chi connectivity index (χ4n) is 1.05. The van der Waals surface area contributed by atoms with Crippen LogP contribution in [0, 0.1) is 0 Å². The molecule has 4 heteroatoms. The van der Waals surface area contributed by atoms with Crippen LogP contribution in [-0.4, -0.2) is 10.2 Å². The first-order valence-corrected chi connectivity index (χ1v) is 4.58. The summed E-state index contributed by atoms with van der Waals surface area (Å²) in [5.74, 6) is 0.801. The number of nitrogens with zero attached hydrogens (tertiary/aromatic N) is 1. The molecule has 0 fully saturated rings. The van der Waals surface area contributed by atoms with Gasteiger partial charge in [0.2, 0.25) is 0 Å². The van der Waals surface area contributed by atoms with Gasteiger partial charge in [-0.05, 0) is 24.3 Å². The van der Waals surface area contributed by atoms with Crippen LogP contribution in [0.3, 0.4) is 0 Å². The SMILES string of the molecule is Clc1ccc(OCc2cn[nH]c2)cc1. The first kappa shape index (κ1) is 9.09. The van der Waals surface area contributed by atoms with Gasteiger partial charge in [-0.3, -0.25) is 5.10 Å². The average Bonchev–Trinajstić information content (AvgIpc) is 2.70. The van der Waals surface area contributed by atoms with Gasteiger partial charge in [0.05, 0.1) is 6.20 Å². The van der Waals surface area contributed by atoms with Crippen molar-refractivity contribution in [1.82, 2.24) is 10.2 Å². The standard InChI is InChI=1S/C10H9ClN2O/c11-9-1-3-10(4-2-9)14-7-8-5-12-13-6-8/h1-6H,7H2,(H,12,13). The number of aromatic amines is 1. The summed E-state index contributed by atoms with van der Waals surface area (Å²) in [6.07, 6.45) is 3.53. The summed E-state index contributed by atoms with van der Waals surface area (Å²) in [4.78, 5) is 0. The zero-order valence-electron chi connectivity index (χ0n) is 7.40. The third-order valence-electron chi connectivity index (χ3n) is 1.77. The predicted octanol–water partition coefficient (Wildman–Crippen LogP) is 2.64. The van der Waals surface area contributed by atoms with E-state index in [-0.39, 0.29) is 0 Å². The second kappa shape index (κ2) is 4.15. The highest BCUT2D eigenvalue weighted by atomic mass is 35.5. The maximum Gasteiger partial charge on any atom is 0.119 e. The highest BCUT2D eigenvalue weighted by Gasteiger charge is 1.96. The van der Waals surface area contributed by atoms with E-state index >= 15 is 0 Å². The molecule has 0 atom stereocenters. The normalized spacial score (nSPS) is 10.1. The molecule has 3 nitrogen and oxygen atoms in total. The van der Waals surface area contributed by atoms with Gasteiger partial charge < -0.3 is 4.74 Å². The van der Waals surface area contributed by atoms with E-state index in [2.05, 4.69) is 10.2 Å². The highest BCUT2D eigenvalue weighted by molar-refractivity contribution is 6.30. The van der Waals surface area contributed by atoms with Crippen LogP contribution < -0.4 is 4.74 Å². The Hall–Kier alpha value is -1.48. The molecule has 72 valence electrons. The molecule has 2 aromatic rings. The Morgan fingerprint density at radius 1 is 1.29 bits per heavy atom. The smallest absolute Gasteiger partial charge is 0.119 e. The Labute approximate surface area is 86.7 Å². The van der Waals surface area contributed by atoms with Crippen LogP contribution in [0.1, 0.15) is 5.56 Å². The zero-order valence-corrected chi connectivity index (χ0v) is 8.16. The molecule has 0 aliphatic heterocycles. The molecule has 0 radical (unpaired) electrons. The number of halogens is 1. The van der Waals surface area contributed by atoms with Crippen LogP contribution in [-0.2, 0) is 6.61 Å². The first-order chi connectivity index (χ1) is 6.84. The summed E-state index contributed by atoms with van der Waals surface area (Å²) >= 11 is 5.74. The Morgan fingerprint density at radius 2 is 2.07 bits per heavy atom. The second-order valence-corrected chi connectivity index (χ2v) is 3.29. The van der Waals surface area contributed by atoms with E-state index in [1.54, 1.807) is 24.5 Å². The molecule has 0 spiro atoms. The first-order valence-electron chi connectivity index (χ1n) is 4.20. The quantitative estimate of drug-likeness (QED) is 0.842. The Morgan fingerprint density at radius 3 is 2.71 bits per heavy atom. The van der Waals surface area contributed by atoms with E-state index in [1.807, 2.05) is 12.1 Å². The zero-order chi connectivity index (χ0) is 9.80. The maximum absolute atomic E-state index is 5.74. The number of hydrogen-bond acceptors (Lipinski definition) is 2. The van der Waals surface area contributed by atoms with Crippen molar-refractivity contribution in [2.75, 3.05) is 0 Å². The summed E-state index contributed by atoms with van der Waals surface area (Å²) < 4.78 is 5.49. The molecule has 1 N–H and O–H groups in total. The fourth-order valence-corrected chi connectivity index (χ4v) is 1.18. The van der Waals surface area contributed by atoms with Gasteiger partial charge in [-0.15, -0.1) is 0 Å². The van der Waals surface area contributed by atoms with E-state index in [0.29, 0.717) is 11.6 Å². The number of aromatic nitrogens is 2. The van der Waals surface area contributed by atoms with Gasteiger partial charge in [0.25, 0.3) is 0 Å². The Kier molecular flexibility index (Phi) is 2.70. The predicted molar refractivity (Wildman–Crippen MR) is 54.4 cm³/mol. The van der Waals surface area contributed by atoms with Crippen molar-refractivity contribution in [1.29, 1.82) is 0 Å².